The molecule has 0 saturated carbocycles. The molecule has 2 heterocycles. The van der Waals surface area contributed by atoms with Crippen molar-refractivity contribution in [2.45, 2.75) is 37.6 Å². The second kappa shape index (κ2) is 8.15. The number of thioether (sulfide) groups is 1. The molecule has 0 aliphatic heterocycles. The molecule has 0 saturated heterocycles. The minimum absolute atomic E-state index is 0.0272. The molecule has 0 unspecified atom stereocenters. The molecule has 0 atom stereocenters. The van der Waals surface area contributed by atoms with Gasteiger partial charge < -0.3 is 9.73 Å². The molecule has 0 fully saturated rings. The third-order valence-electron chi connectivity index (χ3n) is 3.82. The van der Waals surface area contributed by atoms with E-state index in [0.717, 1.165) is 35.9 Å². The van der Waals surface area contributed by atoms with Gasteiger partial charge in [-0.2, -0.15) is 0 Å². The summed E-state index contributed by atoms with van der Waals surface area (Å²) < 4.78 is 5.86. The van der Waals surface area contributed by atoms with Gasteiger partial charge in [0.25, 0.3) is 0 Å². The minimum atomic E-state index is 0.0272. The van der Waals surface area contributed by atoms with E-state index < -0.39 is 0 Å². The molecule has 1 N–H and O–H groups in total. The fraction of sp³-hybridized carbons (Fsp3) is 0.389. The first-order valence-corrected chi connectivity index (χ1v) is 9.30. The van der Waals surface area contributed by atoms with Crippen LogP contribution in [0.15, 0.2) is 40.0 Å². The maximum absolute atomic E-state index is 12.0. The topological polar surface area (TPSA) is 68.0 Å². The monoisotopic (exact) mass is 343 g/mol. The predicted octanol–water partition coefficient (Wildman–Crippen LogP) is 4.16. The fourth-order valence-electron chi connectivity index (χ4n) is 2.57. The molecule has 0 aliphatic rings. The SMILES string of the molecule is CCCCCCNC(=O)CSc1ncnc2c1oc1ccccc12. The third-order valence-corrected chi connectivity index (χ3v) is 4.79. The number of hydrogen-bond acceptors (Lipinski definition) is 5. The predicted molar refractivity (Wildman–Crippen MR) is 97.2 cm³/mol. The van der Waals surface area contributed by atoms with E-state index in [9.17, 15) is 4.79 Å². The minimum Gasteiger partial charge on any atom is -0.451 e. The second-order valence-corrected chi connectivity index (χ2v) is 6.62. The van der Waals surface area contributed by atoms with E-state index in [2.05, 4.69) is 22.2 Å². The Balaban J connectivity index is 1.62. The molecule has 2 aromatic heterocycles. The summed E-state index contributed by atoms with van der Waals surface area (Å²) in [5.74, 6) is 0.357. The number of unbranched alkanes of at least 4 members (excludes halogenated alkanes) is 3. The van der Waals surface area contributed by atoms with Gasteiger partial charge in [-0.05, 0) is 18.6 Å². The summed E-state index contributed by atoms with van der Waals surface area (Å²) in [6.45, 7) is 2.92. The van der Waals surface area contributed by atoms with Crippen LogP contribution in [0, 0.1) is 0 Å². The number of hydrogen-bond donors (Lipinski definition) is 1. The van der Waals surface area contributed by atoms with Gasteiger partial charge in [-0.3, -0.25) is 4.79 Å². The van der Waals surface area contributed by atoms with Crippen LogP contribution < -0.4 is 5.32 Å². The van der Waals surface area contributed by atoms with Crippen molar-refractivity contribution in [1.82, 2.24) is 15.3 Å². The van der Waals surface area contributed by atoms with Crippen molar-refractivity contribution in [3.05, 3.63) is 30.6 Å². The Morgan fingerprint density at radius 3 is 2.96 bits per heavy atom. The van der Waals surface area contributed by atoms with E-state index in [-0.39, 0.29) is 5.91 Å². The summed E-state index contributed by atoms with van der Waals surface area (Å²) in [6.07, 6.45) is 6.14. The number of fused-ring (bicyclic) bond motifs is 3. The van der Waals surface area contributed by atoms with E-state index in [0.29, 0.717) is 16.4 Å². The molecule has 0 bridgehead atoms. The first kappa shape index (κ1) is 16.8. The van der Waals surface area contributed by atoms with Crippen LogP contribution in [0.25, 0.3) is 22.1 Å². The lowest BCUT2D eigenvalue weighted by atomic mass is 10.2. The number of benzene rings is 1. The molecular weight excluding hydrogens is 322 g/mol. The number of amides is 1. The van der Waals surface area contributed by atoms with Crippen molar-refractivity contribution < 1.29 is 9.21 Å². The summed E-state index contributed by atoms with van der Waals surface area (Å²) in [5.41, 5.74) is 2.23. The van der Waals surface area contributed by atoms with Gasteiger partial charge in [0, 0.05) is 11.9 Å². The number of rotatable bonds is 8. The molecule has 0 spiro atoms. The first-order valence-electron chi connectivity index (χ1n) is 8.31. The number of carbonyl (C=O) groups excluding carboxylic acids is 1. The van der Waals surface area contributed by atoms with Gasteiger partial charge >= 0.3 is 0 Å². The summed E-state index contributed by atoms with van der Waals surface area (Å²) in [6, 6.07) is 7.77. The number of para-hydroxylation sites is 1. The normalized spacial score (nSPS) is 11.2. The molecule has 5 nitrogen and oxygen atoms in total. The van der Waals surface area contributed by atoms with E-state index in [1.165, 1.54) is 30.9 Å². The molecule has 6 heteroatoms. The Hall–Kier alpha value is -2.08. The number of nitrogens with zero attached hydrogens (tertiary/aromatic N) is 2. The summed E-state index contributed by atoms with van der Waals surface area (Å²) in [5, 5.41) is 4.63. The van der Waals surface area contributed by atoms with Crippen LogP contribution in [0.1, 0.15) is 32.6 Å². The van der Waals surface area contributed by atoms with Crippen molar-refractivity contribution >= 4 is 39.7 Å². The molecule has 3 aromatic rings. The molecule has 0 radical (unpaired) electrons. The molecule has 1 aromatic carbocycles. The molecule has 24 heavy (non-hydrogen) atoms. The Kier molecular flexibility index (Phi) is 5.69. The van der Waals surface area contributed by atoms with E-state index >= 15 is 0 Å². The maximum Gasteiger partial charge on any atom is 0.230 e. The van der Waals surface area contributed by atoms with E-state index in [4.69, 9.17) is 4.42 Å². The third kappa shape index (κ3) is 3.87. The highest BCUT2D eigenvalue weighted by Gasteiger charge is 2.14. The maximum atomic E-state index is 12.0. The van der Waals surface area contributed by atoms with Gasteiger partial charge in [0.05, 0.1) is 5.75 Å². The van der Waals surface area contributed by atoms with Gasteiger partial charge in [-0.25, -0.2) is 9.97 Å². The van der Waals surface area contributed by atoms with Gasteiger partial charge in [-0.1, -0.05) is 50.1 Å². The smallest absolute Gasteiger partial charge is 0.230 e. The molecule has 0 aliphatic carbocycles. The summed E-state index contributed by atoms with van der Waals surface area (Å²) >= 11 is 1.38. The molecule has 1 amide bonds. The van der Waals surface area contributed by atoms with E-state index in [1.54, 1.807) is 0 Å². The van der Waals surface area contributed by atoms with Crippen molar-refractivity contribution in [1.29, 1.82) is 0 Å². The zero-order valence-corrected chi connectivity index (χ0v) is 14.6. The largest absolute Gasteiger partial charge is 0.451 e. The van der Waals surface area contributed by atoms with Gasteiger partial charge in [0.15, 0.2) is 5.58 Å². The van der Waals surface area contributed by atoms with E-state index in [1.807, 2.05) is 24.3 Å². The lowest BCUT2D eigenvalue weighted by Crippen LogP contribution is -2.26. The van der Waals surface area contributed by atoms with Crippen molar-refractivity contribution in [3.8, 4) is 0 Å². The highest BCUT2D eigenvalue weighted by atomic mass is 32.2. The average Bonchev–Trinajstić information content (AvgIpc) is 2.99. The molecule has 3 rings (SSSR count). The number of furan rings is 1. The van der Waals surface area contributed by atoms with Crippen molar-refractivity contribution in [2.75, 3.05) is 12.3 Å². The van der Waals surface area contributed by atoms with Crippen LogP contribution in [-0.2, 0) is 4.79 Å². The Morgan fingerprint density at radius 1 is 1.21 bits per heavy atom. The molecule has 126 valence electrons. The van der Waals surface area contributed by atoms with Crippen molar-refractivity contribution in [3.63, 3.8) is 0 Å². The van der Waals surface area contributed by atoms with Gasteiger partial charge in [0.2, 0.25) is 5.91 Å². The summed E-state index contributed by atoms with van der Waals surface area (Å²) in [4.78, 5) is 20.5. The zero-order chi connectivity index (χ0) is 16.8. The number of aromatic nitrogens is 2. The van der Waals surface area contributed by atoms with Crippen LogP contribution in [0.5, 0.6) is 0 Å². The zero-order valence-electron chi connectivity index (χ0n) is 13.7. The summed E-state index contributed by atoms with van der Waals surface area (Å²) in [7, 11) is 0. The van der Waals surface area contributed by atoms with Crippen LogP contribution in [0.2, 0.25) is 0 Å². The lowest BCUT2D eigenvalue weighted by molar-refractivity contribution is -0.118. The first-order chi connectivity index (χ1) is 11.8. The van der Waals surface area contributed by atoms with Crippen LogP contribution in [0.4, 0.5) is 0 Å². The van der Waals surface area contributed by atoms with Crippen LogP contribution in [-0.4, -0.2) is 28.2 Å². The number of nitrogens with one attached hydrogen (secondary N) is 1. The second-order valence-electron chi connectivity index (χ2n) is 5.65. The highest BCUT2D eigenvalue weighted by molar-refractivity contribution is 8.00. The Bertz CT molecular complexity index is 831. The standard InChI is InChI=1S/C18H21N3O2S/c1-2-3-4-7-10-19-15(22)11-24-18-17-16(20-12-21-18)13-8-5-6-9-14(13)23-17/h5-6,8-9,12H,2-4,7,10-11H2,1H3,(H,19,22). The Morgan fingerprint density at radius 2 is 2.08 bits per heavy atom. The fourth-order valence-corrected chi connectivity index (χ4v) is 3.33. The average molecular weight is 343 g/mol. The van der Waals surface area contributed by atoms with Crippen LogP contribution >= 0.6 is 11.8 Å². The van der Waals surface area contributed by atoms with Gasteiger partial charge in [0.1, 0.15) is 22.5 Å². The quantitative estimate of drug-likeness (QED) is 0.378. The molecular formula is C18H21N3O2S. The highest BCUT2D eigenvalue weighted by Crippen LogP contribution is 2.32. The van der Waals surface area contributed by atoms with Crippen molar-refractivity contribution in [2.24, 2.45) is 0 Å². The Labute approximate surface area is 145 Å². The van der Waals surface area contributed by atoms with Gasteiger partial charge in [-0.15, -0.1) is 0 Å². The van der Waals surface area contributed by atoms with Crippen LogP contribution in [0.3, 0.4) is 0 Å². The lowest BCUT2D eigenvalue weighted by Gasteiger charge is -2.04. The number of carbonyl (C=O) groups is 1.